The molecule has 4 nitrogen and oxygen atoms in total. The van der Waals surface area contributed by atoms with E-state index >= 15 is 0 Å². The van der Waals surface area contributed by atoms with Crippen LogP contribution in [0.5, 0.6) is 0 Å². The highest BCUT2D eigenvalue weighted by Crippen LogP contribution is 2.35. The highest BCUT2D eigenvalue weighted by atomic mass is 32.1. The Bertz CT molecular complexity index is 858. The zero-order chi connectivity index (χ0) is 15.6. The third-order valence-electron chi connectivity index (χ3n) is 4.50. The number of rotatable bonds is 4. The lowest BCUT2D eigenvalue weighted by atomic mass is 9.97. The fraction of sp³-hybridized carbons (Fsp3) is 0.278. The van der Waals surface area contributed by atoms with Crippen LogP contribution in [0.15, 0.2) is 42.5 Å². The van der Waals surface area contributed by atoms with E-state index in [0.717, 1.165) is 29.4 Å². The van der Waals surface area contributed by atoms with E-state index in [4.69, 9.17) is 0 Å². The van der Waals surface area contributed by atoms with Crippen molar-refractivity contribution in [1.82, 2.24) is 14.1 Å². The van der Waals surface area contributed by atoms with Crippen molar-refractivity contribution in [2.24, 2.45) is 0 Å². The van der Waals surface area contributed by atoms with Gasteiger partial charge in [0.2, 0.25) is 5.91 Å². The number of amides is 1. The van der Waals surface area contributed by atoms with Crippen molar-refractivity contribution >= 4 is 28.7 Å². The predicted molar refractivity (Wildman–Crippen MR) is 91.4 cm³/mol. The number of nitrogens with zero attached hydrogens (tertiary/aromatic N) is 2. The largest absolute Gasteiger partial charge is 0.352 e. The Balaban J connectivity index is 1.37. The minimum atomic E-state index is 0.114. The van der Waals surface area contributed by atoms with E-state index in [2.05, 4.69) is 38.3 Å². The second kappa shape index (κ2) is 6.08. The van der Waals surface area contributed by atoms with Crippen LogP contribution in [0.3, 0.4) is 0 Å². The topological polar surface area (TPSA) is 54.9 Å². The third kappa shape index (κ3) is 2.97. The number of carbonyl (C=O) groups excluding carboxylic acids is 1. The Morgan fingerprint density at radius 1 is 1.17 bits per heavy atom. The molecule has 4 rings (SSSR count). The minimum absolute atomic E-state index is 0.114. The first-order valence-corrected chi connectivity index (χ1v) is 8.58. The van der Waals surface area contributed by atoms with Crippen molar-refractivity contribution in [3.05, 3.63) is 59.2 Å². The number of carbonyl (C=O) groups is 1. The molecule has 1 atom stereocenters. The van der Waals surface area contributed by atoms with Gasteiger partial charge < -0.3 is 5.32 Å². The molecule has 0 saturated heterocycles. The summed E-state index contributed by atoms with van der Waals surface area (Å²) in [6.07, 6.45) is 2.72. The molecule has 2 aromatic carbocycles. The van der Waals surface area contributed by atoms with Crippen LogP contribution in [0, 0.1) is 0 Å². The van der Waals surface area contributed by atoms with Crippen LogP contribution in [0.25, 0.3) is 11.0 Å². The lowest BCUT2D eigenvalue weighted by molar-refractivity contribution is -0.121. The molecule has 0 bridgehead atoms. The molecule has 0 saturated carbocycles. The molecule has 1 heterocycles. The number of benzene rings is 2. The van der Waals surface area contributed by atoms with Crippen LogP contribution in [-0.2, 0) is 17.8 Å². The zero-order valence-electron chi connectivity index (χ0n) is 12.7. The lowest BCUT2D eigenvalue weighted by Gasteiger charge is -2.12. The average molecular weight is 323 g/mol. The maximum Gasteiger partial charge on any atom is 0.220 e. The summed E-state index contributed by atoms with van der Waals surface area (Å²) in [4.78, 5) is 12.3. The molecular weight excluding hydrogens is 306 g/mol. The normalized spacial score (nSPS) is 16.4. The molecule has 1 aromatic heterocycles. The molecule has 0 aliphatic heterocycles. The fourth-order valence-electron chi connectivity index (χ4n) is 3.29. The summed E-state index contributed by atoms with van der Waals surface area (Å²) in [5.74, 6) is 0.472. The molecule has 3 aromatic rings. The van der Waals surface area contributed by atoms with Gasteiger partial charge in [-0.25, -0.2) is 0 Å². The molecule has 1 aliphatic rings. The number of aryl methyl sites for hydroxylation is 1. The first-order valence-electron chi connectivity index (χ1n) is 7.85. The summed E-state index contributed by atoms with van der Waals surface area (Å²) in [5.41, 5.74) is 5.61. The maximum atomic E-state index is 12.3. The van der Waals surface area contributed by atoms with Gasteiger partial charge in [-0.3, -0.25) is 4.79 Å². The Labute approximate surface area is 138 Å². The minimum Gasteiger partial charge on any atom is -0.352 e. The molecule has 1 aliphatic carbocycles. The average Bonchev–Trinajstić information content (AvgIpc) is 3.20. The molecule has 5 heteroatoms. The SMILES string of the molecule is O=C(CC1CCc2ccccc21)NCc1ccc2nsnc2c1. The standard InChI is InChI=1S/C18H17N3OS/c22-18(10-14-7-6-13-3-1-2-4-15(13)14)19-11-12-5-8-16-17(9-12)21-23-20-16/h1-5,8-9,14H,6-7,10-11H2,(H,19,22). The maximum absolute atomic E-state index is 12.3. The van der Waals surface area contributed by atoms with E-state index in [0.29, 0.717) is 18.9 Å². The van der Waals surface area contributed by atoms with Gasteiger partial charge in [0.05, 0.1) is 11.7 Å². The van der Waals surface area contributed by atoms with E-state index in [1.54, 1.807) is 0 Å². The van der Waals surface area contributed by atoms with Crippen LogP contribution in [0.4, 0.5) is 0 Å². The summed E-state index contributed by atoms with van der Waals surface area (Å²) >= 11 is 1.21. The number of hydrogen-bond donors (Lipinski definition) is 1. The number of nitrogens with one attached hydrogen (secondary N) is 1. The molecule has 23 heavy (non-hydrogen) atoms. The molecule has 0 radical (unpaired) electrons. The number of fused-ring (bicyclic) bond motifs is 2. The van der Waals surface area contributed by atoms with Gasteiger partial charge in [0.15, 0.2) is 0 Å². The number of hydrogen-bond acceptors (Lipinski definition) is 4. The van der Waals surface area contributed by atoms with Gasteiger partial charge in [-0.2, -0.15) is 8.75 Å². The van der Waals surface area contributed by atoms with E-state index in [1.807, 2.05) is 18.2 Å². The molecule has 0 spiro atoms. The van der Waals surface area contributed by atoms with Gasteiger partial charge in [0, 0.05) is 13.0 Å². The molecule has 116 valence electrons. The molecular formula is C18H17N3OS. The highest BCUT2D eigenvalue weighted by molar-refractivity contribution is 7.00. The Morgan fingerprint density at radius 2 is 2.04 bits per heavy atom. The smallest absolute Gasteiger partial charge is 0.220 e. The van der Waals surface area contributed by atoms with Crippen molar-refractivity contribution in [2.45, 2.75) is 31.7 Å². The summed E-state index contributed by atoms with van der Waals surface area (Å²) in [6.45, 7) is 0.542. The van der Waals surface area contributed by atoms with E-state index in [1.165, 1.54) is 22.9 Å². The second-order valence-electron chi connectivity index (χ2n) is 6.00. The van der Waals surface area contributed by atoms with Crippen LogP contribution in [0.1, 0.15) is 35.4 Å². The molecule has 1 N–H and O–H groups in total. The summed E-state index contributed by atoms with van der Waals surface area (Å²) < 4.78 is 8.42. The van der Waals surface area contributed by atoms with Crippen molar-refractivity contribution in [2.75, 3.05) is 0 Å². The summed E-state index contributed by atoms with van der Waals surface area (Å²) in [6, 6.07) is 14.4. The summed E-state index contributed by atoms with van der Waals surface area (Å²) in [5, 5.41) is 3.03. The summed E-state index contributed by atoms with van der Waals surface area (Å²) in [7, 11) is 0. The number of aromatic nitrogens is 2. The van der Waals surface area contributed by atoms with Crippen LogP contribution >= 0.6 is 11.7 Å². The van der Waals surface area contributed by atoms with Crippen LogP contribution in [-0.4, -0.2) is 14.7 Å². The van der Waals surface area contributed by atoms with Crippen molar-refractivity contribution in [1.29, 1.82) is 0 Å². The molecule has 1 amide bonds. The van der Waals surface area contributed by atoms with Gasteiger partial charge in [0.1, 0.15) is 11.0 Å². The second-order valence-corrected chi connectivity index (χ2v) is 6.53. The van der Waals surface area contributed by atoms with Gasteiger partial charge >= 0.3 is 0 Å². The van der Waals surface area contributed by atoms with E-state index in [-0.39, 0.29) is 5.91 Å². The Hall–Kier alpha value is -2.27. The van der Waals surface area contributed by atoms with Gasteiger partial charge in [-0.15, -0.1) is 0 Å². The van der Waals surface area contributed by atoms with Gasteiger partial charge in [-0.1, -0.05) is 30.3 Å². The Kier molecular flexibility index (Phi) is 3.79. The van der Waals surface area contributed by atoms with Crippen molar-refractivity contribution < 1.29 is 4.79 Å². The lowest BCUT2D eigenvalue weighted by Crippen LogP contribution is -2.24. The molecule has 0 fully saturated rings. The zero-order valence-corrected chi connectivity index (χ0v) is 13.5. The first-order chi connectivity index (χ1) is 11.3. The predicted octanol–water partition coefficient (Wildman–Crippen LogP) is 3.43. The van der Waals surface area contributed by atoms with Crippen molar-refractivity contribution in [3.63, 3.8) is 0 Å². The van der Waals surface area contributed by atoms with Gasteiger partial charge in [-0.05, 0) is 47.6 Å². The first kappa shape index (κ1) is 14.3. The molecule has 1 unspecified atom stereocenters. The van der Waals surface area contributed by atoms with Crippen molar-refractivity contribution in [3.8, 4) is 0 Å². The van der Waals surface area contributed by atoms with E-state index in [9.17, 15) is 4.79 Å². The van der Waals surface area contributed by atoms with Gasteiger partial charge in [0.25, 0.3) is 0 Å². The quantitative estimate of drug-likeness (QED) is 0.800. The van der Waals surface area contributed by atoms with Crippen LogP contribution < -0.4 is 5.32 Å². The fourth-order valence-corrected chi connectivity index (χ4v) is 3.81. The third-order valence-corrected chi connectivity index (χ3v) is 5.05. The Morgan fingerprint density at radius 3 is 3.00 bits per heavy atom. The monoisotopic (exact) mass is 323 g/mol. The highest BCUT2D eigenvalue weighted by Gasteiger charge is 2.23. The van der Waals surface area contributed by atoms with E-state index < -0.39 is 0 Å². The van der Waals surface area contributed by atoms with Crippen LogP contribution in [0.2, 0.25) is 0 Å².